The molecule has 0 saturated heterocycles. The van der Waals surface area contributed by atoms with E-state index >= 15 is 0 Å². The smallest absolute Gasteiger partial charge is 0.250 e. The molecule has 0 saturated carbocycles. The van der Waals surface area contributed by atoms with Gasteiger partial charge in [-0.2, -0.15) is 0 Å². The van der Waals surface area contributed by atoms with E-state index < -0.39 is 5.91 Å². The fraction of sp³-hybridized carbons (Fsp3) is 0.0625. The lowest BCUT2D eigenvalue weighted by Crippen LogP contribution is -2.11. The van der Waals surface area contributed by atoms with Gasteiger partial charge in [0.05, 0.1) is 11.1 Å². The highest BCUT2D eigenvalue weighted by Gasteiger charge is 2.14. The summed E-state index contributed by atoms with van der Waals surface area (Å²) >= 11 is 0. The number of aryl methyl sites for hydroxylation is 1. The molecule has 3 nitrogen and oxygen atoms in total. The molecular weight excluding hydrogens is 255 g/mol. The lowest BCUT2D eigenvalue weighted by Gasteiger charge is -2.07. The predicted octanol–water partition coefficient (Wildman–Crippen LogP) is 3.38. The van der Waals surface area contributed by atoms with Crippen LogP contribution < -0.4 is 5.73 Å². The Kier molecular flexibility index (Phi) is 2.79. The van der Waals surface area contributed by atoms with Gasteiger partial charge in [-0.05, 0) is 41.8 Å². The summed E-state index contributed by atoms with van der Waals surface area (Å²) in [6, 6.07) is 9.83. The van der Waals surface area contributed by atoms with E-state index in [-0.39, 0.29) is 5.82 Å². The number of carbonyl (C=O) groups is 1. The van der Waals surface area contributed by atoms with Gasteiger partial charge in [-0.1, -0.05) is 18.2 Å². The van der Waals surface area contributed by atoms with Gasteiger partial charge in [0, 0.05) is 11.6 Å². The monoisotopic (exact) mass is 268 g/mol. The Morgan fingerprint density at radius 1 is 1.15 bits per heavy atom. The number of nitrogens with one attached hydrogen (secondary N) is 1. The fourth-order valence-electron chi connectivity index (χ4n) is 2.49. The highest BCUT2D eigenvalue weighted by molar-refractivity contribution is 6.10. The number of rotatable bonds is 2. The number of nitrogens with two attached hydrogens (primary N) is 1. The number of primary amides is 1. The molecule has 0 bridgehead atoms. The van der Waals surface area contributed by atoms with Crippen LogP contribution >= 0.6 is 0 Å². The Labute approximate surface area is 115 Å². The Morgan fingerprint density at radius 2 is 1.85 bits per heavy atom. The van der Waals surface area contributed by atoms with Crippen molar-refractivity contribution in [1.82, 2.24) is 4.98 Å². The summed E-state index contributed by atoms with van der Waals surface area (Å²) < 4.78 is 13.0. The third kappa shape index (κ3) is 1.86. The van der Waals surface area contributed by atoms with Crippen LogP contribution in [0.1, 0.15) is 15.9 Å². The number of aromatic amines is 1. The van der Waals surface area contributed by atoms with E-state index in [0.29, 0.717) is 5.56 Å². The molecular formula is C16H13FN2O. The molecule has 100 valence electrons. The molecule has 0 radical (unpaired) electrons. The molecule has 2 aromatic carbocycles. The first-order valence-corrected chi connectivity index (χ1v) is 6.24. The molecule has 0 aliphatic carbocycles. The minimum absolute atomic E-state index is 0.274. The maximum atomic E-state index is 13.0. The number of benzene rings is 2. The molecule has 1 aromatic heterocycles. The first kappa shape index (κ1) is 12.4. The van der Waals surface area contributed by atoms with Crippen molar-refractivity contribution in [3.63, 3.8) is 0 Å². The van der Waals surface area contributed by atoms with Crippen molar-refractivity contribution in [3.05, 3.63) is 59.5 Å². The van der Waals surface area contributed by atoms with Crippen LogP contribution in [0.2, 0.25) is 0 Å². The largest absolute Gasteiger partial charge is 0.366 e. The van der Waals surface area contributed by atoms with E-state index in [0.717, 1.165) is 27.6 Å². The lowest BCUT2D eigenvalue weighted by atomic mass is 9.97. The number of aromatic nitrogens is 1. The second-order valence-electron chi connectivity index (χ2n) is 4.75. The SMILES string of the molecule is Cc1c[nH]c2c(C(N)=O)ccc(-c3ccc(F)cc3)c12. The van der Waals surface area contributed by atoms with Gasteiger partial charge in [0.15, 0.2) is 0 Å². The van der Waals surface area contributed by atoms with Crippen LogP contribution in [0.5, 0.6) is 0 Å². The van der Waals surface area contributed by atoms with Gasteiger partial charge in [-0.25, -0.2) is 4.39 Å². The zero-order valence-corrected chi connectivity index (χ0v) is 10.9. The Bertz CT molecular complexity index is 803. The van der Waals surface area contributed by atoms with E-state index in [1.807, 2.05) is 19.2 Å². The normalized spacial score (nSPS) is 10.9. The standard InChI is InChI=1S/C16H13FN2O/c1-9-8-19-15-13(16(18)20)7-6-12(14(9)15)10-2-4-11(17)5-3-10/h2-8,19H,1H3,(H2,18,20). The zero-order valence-electron chi connectivity index (χ0n) is 10.9. The lowest BCUT2D eigenvalue weighted by molar-refractivity contribution is 0.100. The van der Waals surface area contributed by atoms with E-state index in [4.69, 9.17) is 5.73 Å². The Morgan fingerprint density at radius 3 is 2.50 bits per heavy atom. The second kappa shape index (κ2) is 4.49. The van der Waals surface area contributed by atoms with Crippen LogP contribution in [0.4, 0.5) is 4.39 Å². The number of hydrogen-bond acceptors (Lipinski definition) is 1. The van der Waals surface area contributed by atoms with Crippen molar-refractivity contribution in [1.29, 1.82) is 0 Å². The molecule has 3 aromatic rings. The van der Waals surface area contributed by atoms with Gasteiger partial charge in [-0.15, -0.1) is 0 Å². The van der Waals surface area contributed by atoms with Crippen molar-refractivity contribution in [3.8, 4) is 11.1 Å². The van der Waals surface area contributed by atoms with Gasteiger partial charge in [0.25, 0.3) is 5.91 Å². The Hall–Kier alpha value is -2.62. The van der Waals surface area contributed by atoms with Crippen molar-refractivity contribution in [2.45, 2.75) is 6.92 Å². The van der Waals surface area contributed by atoms with Crippen molar-refractivity contribution >= 4 is 16.8 Å². The second-order valence-corrected chi connectivity index (χ2v) is 4.75. The molecule has 3 rings (SSSR count). The molecule has 0 atom stereocenters. The van der Waals surface area contributed by atoms with Gasteiger partial charge in [-0.3, -0.25) is 4.79 Å². The van der Waals surface area contributed by atoms with Gasteiger partial charge in [0.1, 0.15) is 5.82 Å². The number of H-pyrrole nitrogens is 1. The maximum absolute atomic E-state index is 13.0. The maximum Gasteiger partial charge on any atom is 0.250 e. The van der Waals surface area contributed by atoms with Crippen molar-refractivity contribution < 1.29 is 9.18 Å². The fourth-order valence-corrected chi connectivity index (χ4v) is 2.49. The van der Waals surface area contributed by atoms with Gasteiger partial charge in [0.2, 0.25) is 0 Å². The number of fused-ring (bicyclic) bond motifs is 1. The molecule has 3 N–H and O–H groups in total. The molecule has 20 heavy (non-hydrogen) atoms. The summed E-state index contributed by atoms with van der Waals surface area (Å²) in [4.78, 5) is 14.6. The predicted molar refractivity (Wildman–Crippen MR) is 76.9 cm³/mol. The summed E-state index contributed by atoms with van der Waals surface area (Å²) in [6.45, 7) is 1.95. The van der Waals surface area contributed by atoms with Crippen molar-refractivity contribution in [2.75, 3.05) is 0 Å². The van der Waals surface area contributed by atoms with E-state index in [1.54, 1.807) is 18.2 Å². The van der Waals surface area contributed by atoms with Crippen molar-refractivity contribution in [2.24, 2.45) is 5.73 Å². The highest BCUT2D eigenvalue weighted by Crippen LogP contribution is 2.32. The first-order valence-electron chi connectivity index (χ1n) is 6.24. The van der Waals surface area contributed by atoms with Crippen LogP contribution in [-0.4, -0.2) is 10.9 Å². The van der Waals surface area contributed by atoms with E-state index in [9.17, 15) is 9.18 Å². The molecule has 0 unspecified atom stereocenters. The highest BCUT2D eigenvalue weighted by atomic mass is 19.1. The minimum Gasteiger partial charge on any atom is -0.366 e. The molecule has 0 aliphatic heterocycles. The number of halogens is 1. The first-order chi connectivity index (χ1) is 9.58. The minimum atomic E-state index is -0.470. The van der Waals surface area contributed by atoms with Crippen LogP contribution in [-0.2, 0) is 0 Å². The topological polar surface area (TPSA) is 58.9 Å². The van der Waals surface area contributed by atoms with Gasteiger partial charge >= 0.3 is 0 Å². The quantitative estimate of drug-likeness (QED) is 0.735. The van der Waals surface area contributed by atoms with Crippen LogP contribution in [0.3, 0.4) is 0 Å². The van der Waals surface area contributed by atoms with Gasteiger partial charge < -0.3 is 10.7 Å². The summed E-state index contributed by atoms with van der Waals surface area (Å²) in [7, 11) is 0. The number of amides is 1. The zero-order chi connectivity index (χ0) is 14.3. The average molecular weight is 268 g/mol. The average Bonchev–Trinajstić information content (AvgIpc) is 2.81. The summed E-state index contributed by atoms with van der Waals surface area (Å²) in [6.07, 6.45) is 1.84. The molecule has 0 spiro atoms. The van der Waals surface area contributed by atoms with E-state index in [1.165, 1.54) is 12.1 Å². The Balaban J connectivity index is 2.32. The summed E-state index contributed by atoms with van der Waals surface area (Å²) in [5.74, 6) is -0.743. The molecule has 4 heteroatoms. The third-order valence-corrected chi connectivity index (χ3v) is 3.45. The number of carbonyl (C=O) groups excluding carboxylic acids is 1. The summed E-state index contributed by atoms with van der Waals surface area (Å²) in [5.41, 5.74) is 9.43. The molecule has 0 fully saturated rings. The molecule has 1 amide bonds. The summed E-state index contributed by atoms with van der Waals surface area (Å²) in [5, 5.41) is 0.938. The van der Waals surface area contributed by atoms with E-state index in [2.05, 4.69) is 4.98 Å². The van der Waals surface area contributed by atoms with Crippen LogP contribution in [0.15, 0.2) is 42.6 Å². The molecule has 0 aliphatic rings. The van der Waals surface area contributed by atoms with Crippen LogP contribution in [0.25, 0.3) is 22.0 Å². The van der Waals surface area contributed by atoms with Crippen LogP contribution in [0, 0.1) is 12.7 Å². The molecule has 1 heterocycles. The third-order valence-electron chi connectivity index (χ3n) is 3.45. The number of hydrogen-bond donors (Lipinski definition) is 2.